The summed E-state index contributed by atoms with van der Waals surface area (Å²) in [6.45, 7) is 4.38. The van der Waals surface area contributed by atoms with Gasteiger partial charge in [-0.2, -0.15) is 0 Å². The molecule has 0 aromatic carbocycles. The molecule has 0 unspecified atom stereocenters. The summed E-state index contributed by atoms with van der Waals surface area (Å²) < 4.78 is 5.03. The van der Waals surface area contributed by atoms with Crippen molar-refractivity contribution in [3.8, 4) is 0 Å². The number of carbonyl (C=O) groups excluding carboxylic acids is 2. The number of likely N-dealkylation sites (N-methyl/N-ethyl adjacent to an activating group) is 1. The molecular formula is C15H21NO3S. The van der Waals surface area contributed by atoms with Gasteiger partial charge in [-0.3, -0.25) is 4.79 Å². The summed E-state index contributed by atoms with van der Waals surface area (Å²) >= 11 is 1.51. The fourth-order valence-electron chi connectivity index (χ4n) is 2.50. The van der Waals surface area contributed by atoms with Crippen LogP contribution in [0.25, 0.3) is 0 Å². The maximum absolute atomic E-state index is 11.9. The molecule has 1 aliphatic rings. The Bertz CT molecular complexity index is 495. The Labute approximate surface area is 123 Å². The van der Waals surface area contributed by atoms with E-state index in [0.717, 1.165) is 18.8 Å². The van der Waals surface area contributed by atoms with Gasteiger partial charge in [0.2, 0.25) is 0 Å². The van der Waals surface area contributed by atoms with Crippen molar-refractivity contribution in [3.05, 3.63) is 21.4 Å². The van der Waals surface area contributed by atoms with Crippen LogP contribution in [0.5, 0.6) is 0 Å². The van der Waals surface area contributed by atoms with Crippen molar-refractivity contribution >= 4 is 23.2 Å². The maximum Gasteiger partial charge on any atom is 0.348 e. The molecule has 0 saturated heterocycles. The highest BCUT2D eigenvalue weighted by atomic mass is 32.1. The third-order valence-corrected chi connectivity index (χ3v) is 4.89. The predicted molar refractivity (Wildman–Crippen MR) is 79.1 cm³/mol. The quantitative estimate of drug-likeness (QED) is 0.849. The fourth-order valence-corrected chi connectivity index (χ4v) is 3.60. The molecule has 110 valence electrons. The molecule has 1 amide bonds. The van der Waals surface area contributed by atoms with Gasteiger partial charge in [-0.15, -0.1) is 11.3 Å². The number of ether oxygens (including phenoxy) is 1. The Morgan fingerprint density at radius 3 is 2.95 bits per heavy atom. The molecule has 1 N–H and O–H groups in total. The monoisotopic (exact) mass is 295 g/mol. The first-order chi connectivity index (χ1) is 9.63. The number of fused-ring (bicyclic) bond motifs is 1. The lowest BCUT2D eigenvalue weighted by molar-refractivity contribution is -0.124. The zero-order valence-electron chi connectivity index (χ0n) is 12.0. The zero-order chi connectivity index (χ0) is 14.5. The van der Waals surface area contributed by atoms with Crippen molar-refractivity contribution in [3.63, 3.8) is 0 Å². The summed E-state index contributed by atoms with van der Waals surface area (Å²) in [5.41, 5.74) is 1.29. The van der Waals surface area contributed by atoms with Crippen molar-refractivity contribution in [1.82, 2.24) is 5.32 Å². The van der Waals surface area contributed by atoms with E-state index in [-0.39, 0.29) is 18.5 Å². The molecule has 0 saturated carbocycles. The minimum atomic E-state index is -0.385. The van der Waals surface area contributed by atoms with Crippen molar-refractivity contribution in [1.29, 1.82) is 0 Å². The van der Waals surface area contributed by atoms with E-state index in [1.165, 1.54) is 34.6 Å². The second kappa shape index (κ2) is 6.88. The molecule has 0 fully saturated rings. The van der Waals surface area contributed by atoms with Gasteiger partial charge in [-0.1, -0.05) is 13.3 Å². The van der Waals surface area contributed by atoms with Gasteiger partial charge in [0.1, 0.15) is 4.88 Å². The van der Waals surface area contributed by atoms with Crippen LogP contribution in [-0.2, 0) is 22.4 Å². The summed E-state index contributed by atoms with van der Waals surface area (Å²) in [5.74, 6) is 0.0909. The Morgan fingerprint density at radius 1 is 1.45 bits per heavy atom. The van der Waals surface area contributed by atoms with E-state index >= 15 is 0 Å². The molecule has 0 bridgehead atoms. The third-order valence-electron chi connectivity index (χ3n) is 3.67. The Morgan fingerprint density at radius 2 is 2.25 bits per heavy atom. The third kappa shape index (κ3) is 3.60. The predicted octanol–water partition coefficient (Wildman–Crippen LogP) is 2.56. The fraction of sp³-hybridized carbons (Fsp3) is 0.600. The van der Waals surface area contributed by atoms with E-state index in [2.05, 4.69) is 12.2 Å². The standard InChI is InChI=1S/C15H21NO3S/c1-3-10-5-6-12-11(7-10)8-13(20-12)15(18)19-9-14(17)16-4-2/h8,10H,3-7,9H2,1-2H3,(H,16,17)/t10-/m1/s1. The molecule has 2 rings (SSSR count). The minimum Gasteiger partial charge on any atom is -0.451 e. The Kier molecular flexibility index (Phi) is 5.17. The van der Waals surface area contributed by atoms with Crippen LogP contribution in [0, 0.1) is 5.92 Å². The van der Waals surface area contributed by atoms with Gasteiger partial charge in [-0.25, -0.2) is 4.79 Å². The highest BCUT2D eigenvalue weighted by molar-refractivity contribution is 7.14. The SMILES string of the molecule is CCNC(=O)COC(=O)c1cc2c(s1)CC[C@@H](CC)C2. The zero-order valence-corrected chi connectivity index (χ0v) is 12.8. The molecule has 0 radical (unpaired) electrons. The van der Waals surface area contributed by atoms with E-state index in [1.54, 1.807) is 0 Å². The lowest BCUT2D eigenvalue weighted by Gasteiger charge is -2.19. The van der Waals surface area contributed by atoms with Crippen molar-refractivity contribution in [2.24, 2.45) is 5.92 Å². The van der Waals surface area contributed by atoms with Crippen LogP contribution in [0.1, 0.15) is 46.8 Å². The molecule has 1 heterocycles. The van der Waals surface area contributed by atoms with Gasteiger partial charge in [0.15, 0.2) is 6.61 Å². The van der Waals surface area contributed by atoms with Crippen LogP contribution in [0.4, 0.5) is 0 Å². The first-order valence-electron chi connectivity index (χ1n) is 7.19. The molecule has 4 nitrogen and oxygen atoms in total. The lowest BCUT2D eigenvalue weighted by Crippen LogP contribution is -2.28. The first kappa shape index (κ1) is 15.0. The molecule has 0 aliphatic heterocycles. The van der Waals surface area contributed by atoms with Crippen LogP contribution in [0.15, 0.2) is 6.07 Å². The van der Waals surface area contributed by atoms with Crippen LogP contribution in [0.2, 0.25) is 0 Å². The minimum absolute atomic E-state index is 0.202. The van der Waals surface area contributed by atoms with Crippen LogP contribution in [-0.4, -0.2) is 25.0 Å². The molecule has 1 aromatic heterocycles. The van der Waals surface area contributed by atoms with E-state index in [4.69, 9.17) is 4.74 Å². The number of carbonyl (C=O) groups is 2. The summed E-state index contributed by atoms with van der Waals surface area (Å²) in [4.78, 5) is 25.1. The number of aryl methyl sites for hydroxylation is 1. The van der Waals surface area contributed by atoms with Crippen molar-refractivity contribution in [2.45, 2.75) is 39.5 Å². The highest BCUT2D eigenvalue weighted by Crippen LogP contribution is 2.33. The van der Waals surface area contributed by atoms with Crippen LogP contribution < -0.4 is 5.32 Å². The highest BCUT2D eigenvalue weighted by Gasteiger charge is 2.22. The number of amides is 1. The lowest BCUT2D eigenvalue weighted by atomic mass is 9.87. The molecule has 1 atom stereocenters. The van der Waals surface area contributed by atoms with Crippen molar-refractivity contribution < 1.29 is 14.3 Å². The normalized spacial score (nSPS) is 17.4. The molecular weight excluding hydrogens is 274 g/mol. The maximum atomic E-state index is 11.9. The molecule has 1 aromatic rings. The molecule has 0 spiro atoms. The van der Waals surface area contributed by atoms with Gasteiger partial charge >= 0.3 is 5.97 Å². The largest absolute Gasteiger partial charge is 0.451 e. The summed E-state index contributed by atoms with van der Waals surface area (Å²) in [6.07, 6.45) is 4.51. The summed E-state index contributed by atoms with van der Waals surface area (Å²) in [6, 6.07) is 1.95. The van der Waals surface area contributed by atoms with Gasteiger partial charge in [0.25, 0.3) is 5.91 Å². The van der Waals surface area contributed by atoms with Gasteiger partial charge in [0.05, 0.1) is 0 Å². The smallest absolute Gasteiger partial charge is 0.348 e. The number of nitrogens with one attached hydrogen (secondary N) is 1. The van der Waals surface area contributed by atoms with Crippen LogP contribution in [0.3, 0.4) is 0 Å². The number of hydrogen-bond acceptors (Lipinski definition) is 4. The van der Waals surface area contributed by atoms with E-state index < -0.39 is 0 Å². The number of thiophene rings is 1. The van der Waals surface area contributed by atoms with E-state index in [0.29, 0.717) is 11.4 Å². The van der Waals surface area contributed by atoms with E-state index in [1.807, 2.05) is 13.0 Å². The molecule has 5 heteroatoms. The Balaban J connectivity index is 1.95. The van der Waals surface area contributed by atoms with Crippen LogP contribution >= 0.6 is 11.3 Å². The Hall–Kier alpha value is -1.36. The number of rotatable bonds is 5. The number of hydrogen-bond donors (Lipinski definition) is 1. The average Bonchev–Trinajstić information content (AvgIpc) is 2.87. The van der Waals surface area contributed by atoms with Crippen molar-refractivity contribution in [2.75, 3.05) is 13.2 Å². The summed E-state index contributed by atoms with van der Waals surface area (Å²) in [5, 5.41) is 2.60. The summed E-state index contributed by atoms with van der Waals surface area (Å²) in [7, 11) is 0. The average molecular weight is 295 g/mol. The second-order valence-electron chi connectivity index (χ2n) is 5.11. The van der Waals surface area contributed by atoms with Gasteiger partial charge < -0.3 is 10.1 Å². The number of esters is 1. The second-order valence-corrected chi connectivity index (χ2v) is 6.24. The van der Waals surface area contributed by atoms with Gasteiger partial charge in [-0.05, 0) is 43.7 Å². The molecule has 20 heavy (non-hydrogen) atoms. The first-order valence-corrected chi connectivity index (χ1v) is 8.01. The van der Waals surface area contributed by atoms with E-state index in [9.17, 15) is 9.59 Å². The molecule has 1 aliphatic carbocycles. The van der Waals surface area contributed by atoms with Gasteiger partial charge in [0, 0.05) is 11.4 Å². The topological polar surface area (TPSA) is 55.4 Å².